The molecule has 28 heavy (non-hydrogen) atoms. The fourth-order valence-corrected chi connectivity index (χ4v) is 5.38. The minimum absolute atomic E-state index is 0.0494. The Kier molecular flexibility index (Phi) is 6.82. The first-order valence-electron chi connectivity index (χ1n) is 10.2. The van der Waals surface area contributed by atoms with Crippen LogP contribution in [0.5, 0.6) is 0 Å². The Bertz CT molecular complexity index is 786. The first-order chi connectivity index (χ1) is 13.4. The van der Waals surface area contributed by atoms with Crippen molar-refractivity contribution >= 4 is 21.7 Å². The van der Waals surface area contributed by atoms with Gasteiger partial charge < -0.3 is 15.5 Å². The number of piperidine rings is 1. The molecule has 8 heteroatoms. The van der Waals surface area contributed by atoms with Crippen LogP contribution in [-0.2, 0) is 16.4 Å². The molecule has 1 saturated heterocycles. The van der Waals surface area contributed by atoms with Gasteiger partial charge in [0.15, 0.2) is 5.96 Å². The summed E-state index contributed by atoms with van der Waals surface area (Å²) in [5, 5.41) is 6.61. The Morgan fingerprint density at radius 3 is 2.61 bits per heavy atom. The maximum absolute atomic E-state index is 12.8. The minimum atomic E-state index is -3.35. The lowest BCUT2D eigenvalue weighted by Crippen LogP contribution is -2.50. The van der Waals surface area contributed by atoms with Crippen LogP contribution in [0.15, 0.2) is 29.3 Å². The van der Waals surface area contributed by atoms with Crippen LogP contribution in [0.2, 0.25) is 0 Å². The molecule has 2 heterocycles. The van der Waals surface area contributed by atoms with Crippen molar-refractivity contribution < 1.29 is 8.42 Å². The van der Waals surface area contributed by atoms with Crippen molar-refractivity contribution in [2.45, 2.75) is 45.2 Å². The Hall–Kier alpha value is -1.80. The number of sulfonamides is 1. The molecule has 2 aliphatic rings. The molecule has 3 rings (SSSR count). The van der Waals surface area contributed by atoms with Gasteiger partial charge in [-0.1, -0.05) is 18.2 Å². The molecule has 0 unspecified atom stereocenters. The molecule has 0 saturated carbocycles. The van der Waals surface area contributed by atoms with Crippen molar-refractivity contribution in [2.75, 3.05) is 43.3 Å². The van der Waals surface area contributed by atoms with Crippen LogP contribution in [0.4, 0.5) is 5.69 Å². The van der Waals surface area contributed by atoms with Crippen LogP contribution >= 0.6 is 0 Å². The smallest absolute Gasteiger partial charge is 0.236 e. The van der Waals surface area contributed by atoms with E-state index in [4.69, 9.17) is 0 Å². The summed E-state index contributed by atoms with van der Waals surface area (Å²) >= 11 is 0. The van der Waals surface area contributed by atoms with Crippen molar-refractivity contribution in [2.24, 2.45) is 4.99 Å². The Balaban J connectivity index is 1.47. The third kappa shape index (κ3) is 4.97. The molecule has 0 aromatic heterocycles. The van der Waals surface area contributed by atoms with Crippen LogP contribution in [0, 0.1) is 0 Å². The molecule has 1 fully saturated rings. The van der Waals surface area contributed by atoms with Gasteiger partial charge in [0, 0.05) is 45.3 Å². The molecule has 156 valence electrons. The van der Waals surface area contributed by atoms with E-state index in [9.17, 15) is 8.42 Å². The zero-order chi connectivity index (χ0) is 20.1. The fraction of sp³-hybridized carbons (Fsp3) is 0.650. The highest BCUT2D eigenvalue weighted by molar-refractivity contribution is 7.92. The molecule has 2 aliphatic heterocycles. The second-order valence-corrected chi connectivity index (χ2v) is 9.83. The Labute approximate surface area is 169 Å². The number of nitrogens with one attached hydrogen (secondary N) is 2. The van der Waals surface area contributed by atoms with E-state index < -0.39 is 10.0 Å². The maximum Gasteiger partial charge on any atom is 0.236 e. The fourth-order valence-electron chi connectivity index (χ4n) is 3.95. The molecular weight excluding hydrogens is 374 g/mol. The number of benzene rings is 1. The third-order valence-electron chi connectivity index (χ3n) is 5.66. The van der Waals surface area contributed by atoms with Crippen LogP contribution in [-0.4, -0.2) is 70.3 Å². The Morgan fingerprint density at radius 1 is 1.21 bits per heavy atom. The zero-order valence-corrected chi connectivity index (χ0v) is 18.0. The topological polar surface area (TPSA) is 77.0 Å². The molecule has 0 atom stereocenters. The molecule has 0 spiro atoms. The minimum Gasteiger partial charge on any atom is -0.355 e. The summed E-state index contributed by atoms with van der Waals surface area (Å²) in [6.45, 7) is 7.49. The zero-order valence-electron chi connectivity index (χ0n) is 17.2. The average molecular weight is 408 g/mol. The summed E-state index contributed by atoms with van der Waals surface area (Å²) < 4.78 is 27.1. The van der Waals surface area contributed by atoms with E-state index in [1.807, 2.05) is 24.3 Å². The first-order valence-corrected chi connectivity index (χ1v) is 11.8. The number of fused-ring (bicyclic) bond motifs is 1. The summed E-state index contributed by atoms with van der Waals surface area (Å²) in [6.07, 6.45) is 2.92. The lowest BCUT2D eigenvalue weighted by Gasteiger charge is -2.35. The molecule has 1 aromatic rings. The quantitative estimate of drug-likeness (QED) is 0.551. The second kappa shape index (κ2) is 9.13. The van der Waals surface area contributed by atoms with Crippen molar-refractivity contribution in [3.8, 4) is 0 Å². The summed E-state index contributed by atoms with van der Waals surface area (Å²) in [7, 11) is -1.62. The van der Waals surface area contributed by atoms with Crippen LogP contribution in [0.1, 0.15) is 32.3 Å². The predicted molar refractivity (Wildman–Crippen MR) is 116 cm³/mol. The number of anilines is 1. The number of nitrogens with zero attached hydrogens (tertiary/aromatic N) is 3. The molecule has 0 amide bonds. The molecule has 0 bridgehead atoms. The van der Waals surface area contributed by atoms with E-state index >= 15 is 0 Å². The Morgan fingerprint density at radius 2 is 1.93 bits per heavy atom. The predicted octanol–water partition coefficient (Wildman–Crippen LogP) is 1.42. The summed E-state index contributed by atoms with van der Waals surface area (Å²) in [4.78, 5) is 6.74. The van der Waals surface area contributed by atoms with Crippen molar-refractivity contribution in [3.63, 3.8) is 0 Å². The van der Waals surface area contributed by atoms with Gasteiger partial charge in [-0.25, -0.2) is 8.42 Å². The number of hydrogen-bond donors (Lipinski definition) is 2. The van der Waals surface area contributed by atoms with Gasteiger partial charge in [-0.05, 0) is 44.7 Å². The van der Waals surface area contributed by atoms with Gasteiger partial charge in [-0.3, -0.25) is 9.30 Å². The van der Waals surface area contributed by atoms with Gasteiger partial charge in [0.1, 0.15) is 0 Å². The van der Waals surface area contributed by atoms with E-state index in [1.165, 1.54) is 0 Å². The van der Waals surface area contributed by atoms with E-state index in [2.05, 4.69) is 34.4 Å². The summed E-state index contributed by atoms with van der Waals surface area (Å²) in [5.41, 5.74) is 1.92. The van der Waals surface area contributed by atoms with Crippen molar-refractivity contribution in [1.82, 2.24) is 15.5 Å². The molecular formula is C20H33N5O2S. The molecule has 1 aromatic carbocycles. The van der Waals surface area contributed by atoms with Crippen molar-refractivity contribution in [1.29, 1.82) is 0 Å². The molecule has 0 aliphatic carbocycles. The van der Waals surface area contributed by atoms with E-state index in [0.717, 1.165) is 43.6 Å². The monoisotopic (exact) mass is 407 g/mol. The lowest BCUT2D eigenvalue weighted by atomic mass is 10.0. The number of aliphatic imine (C=N–C) groups is 1. The van der Waals surface area contributed by atoms with Crippen LogP contribution in [0.3, 0.4) is 0 Å². The van der Waals surface area contributed by atoms with Crippen LogP contribution < -0.4 is 14.9 Å². The normalized spacial score (nSPS) is 19.1. The first kappa shape index (κ1) is 20.9. The number of guanidine groups is 1. The molecule has 2 N–H and O–H groups in total. The average Bonchev–Trinajstić information content (AvgIpc) is 3.12. The second-order valence-electron chi connectivity index (χ2n) is 7.81. The summed E-state index contributed by atoms with van der Waals surface area (Å²) in [5.74, 6) is 0.730. The van der Waals surface area contributed by atoms with Crippen molar-refractivity contribution in [3.05, 3.63) is 29.8 Å². The SMILES string of the molecule is CN=C(NCCS(=O)(=O)N1CCc2ccccc21)NC1CCN(C(C)C)CC1. The number of rotatable bonds is 6. The largest absolute Gasteiger partial charge is 0.355 e. The van der Waals surface area contributed by atoms with E-state index in [0.29, 0.717) is 31.1 Å². The van der Waals surface area contributed by atoms with Gasteiger partial charge in [0.2, 0.25) is 10.0 Å². The van der Waals surface area contributed by atoms with E-state index in [1.54, 1.807) is 11.4 Å². The highest BCUT2D eigenvalue weighted by Gasteiger charge is 2.28. The summed E-state index contributed by atoms with van der Waals surface area (Å²) in [6, 6.07) is 8.69. The highest BCUT2D eigenvalue weighted by atomic mass is 32.2. The molecule has 0 radical (unpaired) electrons. The van der Waals surface area contributed by atoms with E-state index in [-0.39, 0.29) is 5.75 Å². The van der Waals surface area contributed by atoms with Gasteiger partial charge in [-0.2, -0.15) is 0 Å². The van der Waals surface area contributed by atoms with Gasteiger partial charge >= 0.3 is 0 Å². The standard InChI is InChI=1S/C20H33N5O2S/c1-16(2)24-12-9-18(10-13-24)23-20(21-3)22-11-15-28(26,27)25-14-8-17-6-4-5-7-19(17)25/h4-7,16,18H,8-15H2,1-3H3,(H2,21,22,23). The maximum atomic E-state index is 12.8. The lowest BCUT2D eigenvalue weighted by molar-refractivity contribution is 0.167. The van der Waals surface area contributed by atoms with Crippen LogP contribution in [0.25, 0.3) is 0 Å². The van der Waals surface area contributed by atoms with Gasteiger partial charge in [0.25, 0.3) is 0 Å². The van der Waals surface area contributed by atoms with Gasteiger partial charge in [-0.15, -0.1) is 0 Å². The highest BCUT2D eigenvalue weighted by Crippen LogP contribution is 2.29. The number of likely N-dealkylation sites (tertiary alicyclic amines) is 1. The third-order valence-corrected chi connectivity index (χ3v) is 7.43. The number of hydrogen-bond acceptors (Lipinski definition) is 4. The molecule has 7 nitrogen and oxygen atoms in total. The van der Waals surface area contributed by atoms with Gasteiger partial charge in [0.05, 0.1) is 11.4 Å². The number of para-hydroxylation sites is 1.